The topological polar surface area (TPSA) is 51.4 Å². The highest BCUT2D eigenvalue weighted by atomic mass is 16.5. The summed E-state index contributed by atoms with van der Waals surface area (Å²) in [6, 6.07) is 4.10. The molecule has 0 spiro atoms. The van der Waals surface area contributed by atoms with Crippen LogP contribution >= 0.6 is 0 Å². The van der Waals surface area contributed by atoms with Gasteiger partial charge in [-0.05, 0) is 37.6 Å². The minimum absolute atomic E-state index is 0.525. The van der Waals surface area contributed by atoms with Gasteiger partial charge in [0, 0.05) is 25.4 Å². The fourth-order valence-electron chi connectivity index (χ4n) is 2.30. The van der Waals surface area contributed by atoms with E-state index >= 15 is 0 Å². The highest BCUT2D eigenvalue weighted by molar-refractivity contribution is 5.20. The molecule has 0 amide bonds. The molecule has 1 fully saturated rings. The molecule has 0 aliphatic carbocycles. The Balaban J connectivity index is 1.85. The van der Waals surface area contributed by atoms with E-state index in [1.165, 1.54) is 37.9 Å². The van der Waals surface area contributed by atoms with E-state index in [9.17, 15) is 0 Å². The molecule has 1 saturated heterocycles. The third-order valence-corrected chi connectivity index (χ3v) is 3.28. The standard InChI is InChI=1S/C15H23N3O/c16-7-2-5-11-19-15-12-14(6-8-17-15)13-18-9-3-1-4-10-18/h2,5-6,8,12H,1,3-4,7,9-11,13,16H2/b5-2-. The van der Waals surface area contributed by atoms with Crippen LogP contribution in [-0.2, 0) is 6.54 Å². The van der Waals surface area contributed by atoms with Crippen LogP contribution in [0.5, 0.6) is 5.88 Å². The van der Waals surface area contributed by atoms with E-state index in [4.69, 9.17) is 10.5 Å². The van der Waals surface area contributed by atoms with Gasteiger partial charge >= 0.3 is 0 Å². The van der Waals surface area contributed by atoms with Gasteiger partial charge in [0.1, 0.15) is 6.61 Å². The molecule has 2 N–H and O–H groups in total. The van der Waals surface area contributed by atoms with Crippen molar-refractivity contribution in [2.75, 3.05) is 26.2 Å². The fourth-order valence-corrected chi connectivity index (χ4v) is 2.30. The Morgan fingerprint density at radius 3 is 2.89 bits per heavy atom. The summed E-state index contributed by atoms with van der Waals surface area (Å²) < 4.78 is 5.57. The molecule has 0 unspecified atom stereocenters. The molecule has 2 heterocycles. The van der Waals surface area contributed by atoms with E-state index in [0.29, 0.717) is 19.0 Å². The van der Waals surface area contributed by atoms with Gasteiger partial charge in [0.25, 0.3) is 0 Å². The van der Waals surface area contributed by atoms with Crippen LogP contribution in [0.1, 0.15) is 24.8 Å². The van der Waals surface area contributed by atoms with Gasteiger partial charge in [-0.3, -0.25) is 4.90 Å². The number of hydrogen-bond acceptors (Lipinski definition) is 4. The molecule has 1 aromatic rings. The van der Waals surface area contributed by atoms with E-state index in [1.807, 2.05) is 24.4 Å². The first-order chi connectivity index (χ1) is 9.38. The van der Waals surface area contributed by atoms with E-state index in [-0.39, 0.29) is 0 Å². The van der Waals surface area contributed by atoms with Gasteiger partial charge in [-0.15, -0.1) is 0 Å². The van der Waals surface area contributed by atoms with Gasteiger partial charge in [-0.2, -0.15) is 0 Å². The molecule has 19 heavy (non-hydrogen) atoms. The lowest BCUT2D eigenvalue weighted by molar-refractivity contribution is 0.220. The Labute approximate surface area is 115 Å². The molecule has 0 aromatic carbocycles. The van der Waals surface area contributed by atoms with Crippen LogP contribution in [0.2, 0.25) is 0 Å². The van der Waals surface area contributed by atoms with Gasteiger partial charge in [0.15, 0.2) is 0 Å². The number of hydrogen-bond donors (Lipinski definition) is 1. The summed E-state index contributed by atoms with van der Waals surface area (Å²) >= 11 is 0. The van der Waals surface area contributed by atoms with Gasteiger partial charge in [0.2, 0.25) is 5.88 Å². The summed E-state index contributed by atoms with van der Waals surface area (Å²) in [5.41, 5.74) is 6.65. The molecular formula is C15H23N3O. The first-order valence-electron chi connectivity index (χ1n) is 7.03. The predicted molar refractivity (Wildman–Crippen MR) is 77.1 cm³/mol. The lowest BCUT2D eigenvalue weighted by Crippen LogP contribution is -2.29. The van der Waals surface area contributed by atoms with Crippen LogP contribution in [0, 0.1) is 0 Å². The third kappa shape index (κ3) is 5.01. The molecule has 0 saturated carbocycles. The molecule has 0 bridgehead atoms. The second-order valence-corrected chi connectivity index (χ2v) is 4.86. The smallest absolute Gasteiger partial charge is 0.213 e. The Hall–Kier alpha value is -1.39. The SMILES string of the molecule is NC/C=C\COc1cc(CN2CCCCC2)ccn1. The number of rotatable bonds is 6. The molecule has 2 rings (SSSR count). The molecule has 1 aromatic heterocycles. The van der Waals surface area contributed by atoms with Gasteiger partial charge < -0.3 is 10.5 Å². The van der Waals surface area contributed by atoms with Crippen molar-refractivity contribution in [1.82, 2.24) is 9.88 Å². The quantitative estimate of drug-likeness (QED) is 0.795. The monoisotopic (exact) mass is 261 g/mol. The maximum Gasteiger partial charge on any atom is 0.213 e. The van der Waals surface area contributed by atoms with Crippen molar-refractivity contribution in [2.24, 2.45) is 5.73 Å². The fraction of sp³-hybridized carbons (Fsp3) is 0.533. The lowest BCUT2D eigenvalue weighted by Gasteiger charge is -2.26. The van der Waals surface area contributed by atoms with Crippen molar-refractivity contribution in [1.29, 1.82) is 0 Å². The van der Waals surface area contributed by atoms with Crippen LogP contribution < -0.4 is 10.5 Å². The highest BCUT2D eigenvalue weighted by Gasteiger charge is 2.10. The summed E-state index contributed by atoms with van der Waals surface area (Å²) in [7, 11) is 0. The van der Waals surface area contributed by atoms with Crippen molar-refractivity contribution in [2.45, 2.75) is 25.8 Å². The first-order valence-corrected chi connectivity index (χ1v) is 7.03. The molecule has 104 valence electrons. The second kappa shape index (κ2) is 7.92. The van der Waals surface area contributed by atoms with Crippen molar-refractivity contribution >= 4 is 0 Å². The lowest BCUT2D eigenvalue weighted by atomic mass is 10.1. The van der Waals surface area contributed by atoms with Crippen LogP contribution in [0.25, 0.3) is 0 Å². The molecule has 0 radical (unpaired) electrons. The average Bonchev–Trinajstić information content (AvgIpc) is 2.45. The predicted octanol–water partition coefficient (Wildman–Crippen LogP) is 1.96. The third-order valence-electron chi connectivity index (χ3n) is 3.28. The summed E-state index contributed by atoms with van der Waals surface area (Å²) in [5.74, 6) is 0.691. The molecule has 1 aliphatic rings. The Morgan fingerprint density at radius 1 is 1.26 bits per heavy atom. The molecular weight excluding hydrogens is 238 g/mol. The minimum Gasteiger partial charge on any atom is -0.473 e. The zero-order chi connectivity index (χ0) is 13.3. The number of nitrogens with two attached hydrogens (primary N) is 1. The summed E-state index contributed by atoms with van der Waals surface area (Å²) in [6.07, 6.45) is 9.63. The highest BCUT2D eigenvalue weighted by Crippen LogP contribution is 2.15. The molecule has 1 aliphatic heterocycles. The number of likely N-dealkylation sites (tertiary alicyclic amines) is 1. The Morgan fingerprint density at radius 2 is 2.11 bits per heavy atom. The van der Waals surface area contributed by atoms with Crippen LogP contribution in [0.15, 0.2) is 30.5 Å². The van der Waals surface area contributed by atoms with E-state index < -0.39 is 0 Å². The van der Waals surface area contributed by atoms with Crippen LogP contribution in [0.4, 0.5) is 0 Å². The Kier molecular flexibility index (Phi) is 5.85. The maximum absolute atomic E-state index is 5.57. The zero-order valence-electron chi connectivity index (χ0n) is 11.4. The normalized spacial score (nSPS) is 16.9. The minimum atomic E-state index is 0.525. The van der Waals surface area contributed by atoms with Crippen molar-refractivity contribution in [3.05, 3.63) is 36.0 Å². The van der Waals surface area contributed by atoms with Crippen LogP contribution in [-0.4, -0.2) is 36.1 Å². The van der Waals surface area contributed by atoms with Gasteiger partial charge in [-0.25, -0.2) is 4.98 Å². The summed E-state index contributed by atoms with van der Waals surface area (Å²) in [6.45, 7) is 4.48. The van der Waals surface area contributed by atoms with Crippen molar-refractivity contribution in [3.8, 4) is 5.88 Å². The molecule has 4 heteroatoms. The molecule has 0 atom stereocenters. The summed E-state index contributed by atoms with van der Waals surface area (Å²) in [4.78, 5) is 6.72. The second-order valence-electron chi connectivity index (χ2n) is 4.86. The zero-order valence-corrected chi connectivity index (χ0v) is 11.4. The number of ether oxygens (including phenoxy) is 1. The molecule has 4 nitrogen and oxygen atoms in total. The number of nitrogens with zero attached hydrogens (tertiary/aromatic N) is 2. The van der Waals surface area contributed by atoms with E-state index in [0.717, 1.165) is 6.54 Å². The first kappa shape index (κ1) is 14.0. The van der Waals surface area contributed by atoms with Gasteiger partial charge in [0.05, 0.1) is 0 Å². The Bertz CT molecular complexity index is 400. The number of pyridine rings is 1. The number of aromatic nitrogens is 1. The van der Waals surface area contributed by atoms with E-state index in [2.05, 4.69) is 16.0 Å². The van der Waals surface area contributed by atoms with Crippen molar-refractivity contribution in [3.63, 3.8) is 0 Å². The largest absolute Gasteiger partial charge is 0.473 e. The van der Waals surface area contributed by atoms with Gasteiger partial charge in [-0.1, -0.05) is 18.6 Å². The number of piperidine rings is 1. The van der Waals surface area contributed by atoms with Crippen LogP contribution in [0.3, 0.4) is 0 Å². The van der Waals surface area contributed by atoms with Crippen molar-refractivity contribution < 1.29 is 4.74 Å². The average molecular weight is 261 g/mol. The van der Waals surface area contributed by atoms with E-state index in [1.54, 1.807) is 0 Å². The maximum atomic E-state index is 5.57. The summed E-state index contributed by atoms with van der Waals surface area (Å²) in [5, 5.41) is 0.